The van der Waals surface area contributed by atoms with Crippen molar-refractivity contribution >= 4 is 12.1 Å². The summed E-state index contributed by atoms with van der Waals surface area (Å²) in [7, 11) is 0. The van der Waals surface area contributed by atoms with Crippen LogP contribution in [0.15, 0.2) is 0 Å². The standard InChI is InChI=1S/C8H14O5/c1-4-11-7(9)6(3)13-8(10)12-5-2/h6H,4-5H2,1-3H3. The SMILES string of the molecule is CCOC(=O)OC(C)C(=O)OCC. The van der Waals surface area contributed by atoms with Crippen LogP contribution in [-0.4, -0.2) is 31.4 Å². The van der Waals surface area contributed by atoms with Gasteiger partial charge in [-0.05, 0) is 20.8 Å². The second kappa shape index (κ2) is 6.28. The Bertz CT molecular complexity index is 177. The molecule has 1 unspecified atom stereocenters. The topological polar surface area (TPSA) is 61.8 Å². The highest BCUT2D eigenvalue weighted by molar-refractivity contribution is 5.76. The van der Waals surface area contributed by atoms with Gasteiger partial charge in [0.25, 0.3) is 0 Å². The summed E-state index contributed by atoms with van der Waals surface area (Å²) >= 11 is 0. The van der Waals surface area contributed by atoms with Crippen molar-refractivity contribution in [2.45, 2.75) is 26.9 Å². The van der Waals surface area contributed by atoms with Crippen molar-refractivity contribution in [3.63, 3.8) is 0 Å². The maximum absolute atomic E-state index is 10.9. The van der Waals surface area contributed by atoms with E-state index in [0.717, 1.165) is 0 Å². The quantitative estimate of drug-likeness (QED) is 0.621. The van der Waals surface area contributed by atoms with E-state index in [1.54, 1.807) is 13.8 Å². The van der Waals surface area contributed by atoms with Gasteiger partial charge in [-0.2, -0.15) is 0 Å². The number of hydrogen-bond acceptors (Lipinski definition) is 5. The summed E-state index contributed by atoms with van der Waals surface area (Å²) in [6, 6.07) is 0. The predicted octanol–water partition coefficient (Wildman–Crippen LogP) is 1.11. The van der Waals surface area contributed by atoms with Crippen LogP contribution < -0.4 is 0 Å². The Morgan fingerprint density at radius 2 is 1.69 bits per heavy atom. The average molecular weight is 190 g/mol. The fourth-order valence-electron chi connectivity index (χ4n) is 0.604. The summed E-state index contributed by atoms with van der Waals surface area (Å²) in [5.41, 5.74) is 0. The molecule has 0 aliphatic heterocycles. The zero-order chi connectivity index (χ0) is 10.3. The number of ether oxygens (including phenoxy) is 3. The minimum Gasteiger partial charge on any atom is -0.463 e. The maximum Gasteiger partial charge on any atom is 0.509 e. The Hall–Kier alpha value is -1.26. The van der Waals surface area contributed by atoms with Crippen LogP contribution in [-0.2, 0) is 19.0 Å². The van der Waals surface area contributed by atoms with Crippen LogP contribution in [0.3, 0.4) is 0 Å². The van der Waals surface area contributed by atoms with Crippen LogP contribution in [0.4, 0.5) is 4.79 Å². The van der Waals surface area contributed by atoms with Gasteiger partial charge in [0.1, 0.15) is 0 Å². The number of hydrogen-bond donors (Lipinski definition) is 0. The lowest BCUT2D eigenvalue weighted by molar-refractivity contribution is -0.153. The first-order valence-corrected chi connectivity index (χ1v) is 4.11. The van der Waals surface area contributed by atoms with Crippen LogP contribution in [0.25, 0.3) is 0 Å². The molecule has 0 spiro atoms. The first-order chi connectivity index (χ1) is 6.11. The molecule has 1 atom stereocenters. The van der Waals surface area contributed by atoms with Gasteiger partial charge in [-0.1, -0.05) is 0 Å². The molecule has 0 fully saturated rings. The van der Waals surface area contributed by atoms with Crippen molar-refractivity contribution in [3.8, 4) is 0 Å². The summed E-state index contributed by atoms with van der Waals surface area (Å²) in [4.78, 5) is 21.6. The monoisotopic (exact) mass is 190 g/mol. The third-order valence-corrected chi connectivity index (χ3v) is 1.15. The Balaban J connectivity index is 3.78. The third kappa shape index (κ3) is 5.05. The van der Waals surface area contributed by atoms with Gasteiger partial charge in [0.15, 0.2) is 6.10 Å². The van der Waals surface area contributed by atoms with E-state index in [-0.39, 0.29) is 13.2 Å². The van der Waals surface area contributed by atoms with E-state index in [1.165, 1.54) is 6.92 Å². The van der Waals surface area contributed by atoms with Gasteiger partial charge in [0, 0.05) is 0 Å². The first-order valence-electron chi connectivity index (χ1n) is 4.11. The molecule has 5 nitrogen and oxygen atoms in total. The summed E-state index contributed by atoms with van der Waals surface area (Å²) in [5, 5.41) is 0. The Morgan fingerprint density at radius 1 is 1.15 bits per heavy atom. The third-order valence-electron chi connectivity index (χ3n) is 1.15. The molecule has 0 heterocycles. The van der Waals surface area contributed by atoms with Crippen molar-refractivity contribution in [1.82, 2.24) is 0 Å². The molecular formula is C8H14O5. The molecule has 0 aromatic carbocycles. The lowest BCUT2D eigenvalue weighted by Gasteiger charge is -2.10. The second-order valence-corrected chi connectivity index (χ2v) is 2.20. The lowest BCUT2D eigenvalue weighted by Crippen LogP contribution is -2.26. The van der Waals surface area contributed by atoms with Gasteiger partial charge in [0.2, 0.25) is 0 Å². The van der Waals surface area contributed by atoms with E-state index in [2.05, 4.69) is 14.2 Å². The summed E-state index contributed by atoms with van der Waals surface area (Å²) in [5.74, 6) is -0.574. The normalized spacial score (nSPS) is 11.6. The van der Waals surface area contributed by atoms with E-state index < -0.39 is 18.2 Å². The zero-order valence-corrected chi connectivity index (χ0v) is 8.03. The van der Waals surface area contributed by atoms with Crippen molar-refractivity contribution in [3.05, 3.63) is 0 Å². The smallest absolute Gasteiger partial charge is 0.463 e. The number of esters is 1. The second-order valence-electron chi connectivity index (χ2n) is 2.20. The molecule has 76 valence electrons. The Kier molecular flexibility index (Phi) is 5.67. The molecule has 0 N–H and O–H groups in total. The van der Waals surface area contributed by atoms with Crippen LogP contribution in [0.2, 0.25) is 0 Å². The van der Waals surface area contributed by atoms with Crippen LogP contribution in [0, 0.1) is 0 Å². The van der Waals surface area contributed by atoms with Crippen molar-refractivity contribution in [2.75, 3.05) is 13.2 Å². The molecule has 0 saturated heterocycles. The largest absolute Gasteiger partial charge is 0.509 e. The van der Waals surface area contributed by atoms with E-state index in [4.69, 9.17) is 0 Å². The molecule has 0 amide bonds. The minimum absolute atomic E-state index is 0.217. The minimum atomic E-state index is -0.918. The van der Waals surface area contributed by atoms with Crippen molar-refractivity contribution < 1.29 is 23.8 Å². The predicted molar refractivity (Wildman–Crippen MR) is 44.2 cm³/mol. The van der Waals surface area contributed by atoms with E-state index in [0.29, 0.717) is 0 Å². The molecule has 0 aromatic heterocycles. The summed E-state index contributed by atoms with van der Waals surface area (Å²) < 4.78 is 13.7. The number of carbonyl (C=O) groups is 2. The van der Waals surface area contributed by atoms with Gasteiger partial charge in [-0.25, -0.2) is 9.59 Å². The molecule has 0 aliphatic carbocycles. The number of carbonyl (C=O) groups excluding carboxylic acids is 2. The van der Waals surface area contributed by atoms with E-state index >= 15 is 0 Å². The molecule has 0 saturated carbocycles. The molecule has 0 radical (unpaired) electrons. The fourth-order valence-corrected chi connectivity index (χ4v) is 0.604. The fraction of sp³-hybridized carbons (Fsp3) is 0.750. The van der Waals surface area contributed by atoms with Crippen molar-refractivity contribution in [2.24, 2.45) is 0 Å². The van der Waals surface area contributed by atoms with E-state index in [1.807, 2.05) is 0 Å². The van der Waals surface area contributed by atoms with Crippen molar-refractivity contribution in [1.29, 1.82) is 0 Å². The highest BCUT2D eigenvalue weighted by Gasteiger charge is 2.18. The molecule has 13 heavy (non-hydrogen) atoms. The number of rotatable bonds is 4. The summed E-state index contributed by atoms with van der Waals surface area (Å²) in [6.07, 6.45) is -1.78. The van der Waals surface area contributed by atoms with Gasteiger partial charge in [-0.3, -0.25) is 0 Å². The molecule has 0 bridgehead atoms. The van der Waals surface area contributed by atoms with Gasteiger partial charge < -0.3 is 14.2 Å². The van der Waals surface area contributed by atoms with Crippen LogP contribution in [0.5, 0.6) is 0 Å². The zero-order valence-electron chi connectivity index (χ0n) is 8.03. The van der Waals surface area contributed by atoms with Gasteiger partial charge >= 0.3 is 12.1 Å². The van der Waals surface area contributed by atoms with Crippen LogP contribution in [0.1, 0.15) is 20.8 Å². The van der Waals surface area contributed by atoms with E-state index in [9.17, 15) is 9.59 Å². The highest BCUT2D eigenvalue weighted by Crippen LogP contribution is 1.97. The molecule has 0 aromatic rings. The summed E-state index contributed by atoms with van der Waals surface area (Å²) in [6.45, 7) is 5.23. The molecule has 0 rings (SSSR count). The van der Waals surface area contributed by atoms with Gasteiger partial charge in [-0.15, -0.1) is 0 Å². The van der Waals surface area contributed by atoms with Gasteiger partial charge in [0.05, 0.1) is 13.2 Å². The highest BCUT2D eigenvalue weighted by atomic mass is 16.7. The first kappa shape index (κ1) is 11.7. The van der Waals surface area contributed by atoms with Crippen LogP contribution >= 0.6 is 0 Å². The molecular weight excluding hydrogens is 176 g/mol. The molecule has 0 aliphatic rings. The average Bonchev–Trinajstić information content (AvgIpc) is 2.05. The molecule has 5 heteroatoms. The Morgan fingerprint density at radius 3 is 2.15 bits per heavy atom. The lowest BCUT2D eigenvalue weighted by atomic mass is 10.4. The Labute approximate surface area is 77.0 Å². The maximum atomic E-state index is 10.9.